The third-order valence-corrected chi connectivity index (χ3v) is 10.3. The quantitative estimate of drug-likeness (QED) is 0.162. The molecule has 0 aliphatic carbocycles. The molecule has 4 aromatic heterocycles. The summed E-state index contributed by atoms with van der Waals surface area (Å²) in [5.41, 5.74) is 13.6. The van der Waals surface area contributed by atoms with Crippen molar-refractivity contribution in [2.24, 2.45) is 0 Å². The van der Waals surface area contributed by atoms with Crippen molar-refractivity contribution in [1.29, 1.82) is 0 Å². The number of hydrogen-bond acceptors (Lipinski definition) is 3. The normalized spacial score (nSPS) is 11.0. The number of para-hydroxylation sites is 2. The second-order valence-electron chi connectivity index (χ2n) is 13.6. The number of aromatic nitrogens is 3. The summed E-state index contributed by atoms with van der Waals surface area (Å²) >= 11 is 0. The van der Waals surface area contributed by atoms with Crippen LogP contribution in [0.1, 0.15) is 0 Å². The van der Waals surface area contributed by atoms with E-state index in [1.54, 1.807) is 6.20 Å². The van der Waals surface area contributed by atoms with Gasteiger partial charge in [0, 0.05) is 59.9 Å². The predicted octanol–water partition coefficient (Wildman–Crippen LogP) is 13.4. The van der Waals surface area contributed by atoms with Crippen LogP contribution in [0.25, 0.3) is 94.2 Å². The van der Waals surface area contributed by atoms with Gasteiger partial charge in [-0.05, 0) is 64.0 Å². The Hall–Kier alpha value is -6.91. The van der Waals surface area contributed by atoms with Gasteiger partial charge in [-0.15, -0.1) is 54.1 Å². The SMILES string of the molecule is [Ir].[c-]1ccc2c(oc3ccccc32)c1-c1cc2c(cn1)c1ccccc1n2-c1ccc(-c2ccc(-c3ccccc3)cc2)cc1.[c-]1ccccc1-c1ccccn1. The maximum atomic E-state index is 6.33. The molecule has 11 rings (SSSR count). The van der Waals surface area contributed by atoms with Gasteiger partial charge in [-0.3, -0.25) is 0 Å². The van der Waals surface area contributed by atoms with Crippen LogP contribution in [-0.4, -0.2) is 14.5 Å². The third kappa shape index (κ3) is 6.85. The molecule has 0 fully saturated rings. The van der Waals surface area contributed by atoms with E-state index in [1.165, 1.54) is 27.6 Å². The van der Waals surface area contributed by atoms with Crippen LogP contribution in [0.5, 0.6) is 0 Å². The van der Waals surface area contributed by atoms with Crippen LogP contribution in [0.2, 0.25) is 0 Å². The Morgan fingerprint density at radius 3 is 1.86 bits per heavy atom. The van der Waals surface area contributed by atoms with Gasteiger partial charge in [0.1, 0.15) is 5.58 Å². The zero-order valence-corrected chi connectivity index (χ0v) is 33.0. The molecule has 0 atom stereocenters. The van der Waals surface area contributed by atoms with Gasteiger partial charge in [-0.2, -0.15) is 0 Å². The fourth-order valence-corrected chi connectivity index (χ4v) is 7.52. The summed E-state index contributed by atoms with van der Waals surface area (Å²) < 4.78 is 8.66. The maximum absolute atomic E-state index is 6.33. The molecule has 0 bridgehead atoms. The molecule has 273 valence electrons. The fourth-order valence-electron chi connectivity index (χ4n) is 7.52. The number of nitrogens with zero attached hydrogens (tertiary/aromatic N) is 3. The molecule has 57 heavy (non-hydrogen) atoms. The second kappa shape index (κ2) is 15.7. The van der Waals surface area contributed by atoms with Crippen molar-refractivity contribution < 1.29 is 24.5 Å². The van der Waals surface area contributed by atoms with Crippen molar-refractivity contribution in [2.45, 2.75) is 0 Å². The molecule has 5 heteroatoms. The smallest absolute Gasteiger partial charge is 0.120 e. The van der Waals surface area contributed by atoms with Crippen molar-refractivity contribution in [3.05, 3.63) is 213 Å². The minimum absolute atomic E-state index is 0. The number of furan rings is 1. The van der Waals surface area contributed by atoms with E-state index in [4.69, 9.17) is 9.40 Å². The van der Waals surface area contributed by atoms with Crippen LogP contribution >= 0.6 is 0 Å². The molecule has 0 aliphatic rings. The zero-order valence-electron chi connectivity index (χ0n) is 30.6. The first-order chi connectivity index (χ1) is 27.8. The van der Waals surface area contributed by atoms with Gasteiger partial charge < -0.3 is 19.0 Å². The van der Waals surface area contributed by atoms with Crippen LogP contribution in [0, 0.1) is 12.1 Å². The number of benzene rings is 7. The van der Waals surface area contributed by atoms with E-state index in [9.17, 15) is 0 Å². The van der Waals surface area contributed by atoms with Crippen LogP contribution < -0.4 is 0 Å². The Kier molecular flexibility index (Phi) is 9.84. The summed E-state index contributed by atoms with van der Waals surface area (Å²) in [4.78, 5) is 9.15. The van der Waals surface area contributed by atoms with Crippen molar-refractivity contribution in [1.82, 2.24) is 14.5 Å². The summed E-state index contributed by atoms with van der Waals surface area (Å²) in [6.45, 7) is 0. The number of pyridine rings is 2. The predicted molar refractivity (Wildman–Crippen MR) is 230 cm³/mol. The molecule has 0 spiro atoms. The van der Waals surface area contributed by atoms with Crippen molar-refractivity contribution in [2.75, 3.05) is 0 Å². The molecular formula is C52H33IrN3O-2. The molecule has 7 aromatic carbocycles. The molecule has 1 radical (unpaired) electrons. The summed E-state index contributed by atoms with van der Waals surface area (Å²) in [6.07, 6.45) is 3.78. The van der Waals surface area contributed by atoms with Crippen LogP contribution in [0.4, 0.5) is 0 Å². The van der Waals surface area contributed by atoms with E-state index in [1.807, 2.05) is 79.0 Å². The molecule has 4 heterocycles. The number of fused-ring (bicyclic) bond motifs is 6. The van der Waals surface area contributed by atoms with E-state index < -0.39 is 0 Å². The first-order valence-electron chi connectivity index (χ1n) is 18.6. The van der Waals surface area contributed by atoms with Gasteiger partial charge in [-0.25, -0.2) is 0 Å². The van der Waals surface area contributed by atoms with E-state index in [0.717, 1.165) is 66.6 Å². The van der Waals surface area contributed by atoms with Crippen LogP contribution in [0.3, 0.4) is 0 Å². The fraction of sp³-hybridized carbons (Fsp3) is 0. The minimum Gasteiger partial charge on any atom is -0.501 e. The van der Waals surface area contributed by atoms with Gasteiger partial charge in [0.25, 0.3) is 0 Å². The van der Waals surface area contributed by atoms with E-state index in [0.29, 0.717) is 0 Å². The van der Waals surface area contributed by atoms with Crippen molar-refractivity contribution in [3.8, 4) is 50.5 Å². The Bertz CT molecular complexity index is 3060. The maximum Gasteiger partial charge on any atom is 0.120 e. The molecule has 0 saturated carbocycles. The Morgan fingerprint density at radius 1 is 0.456 bits per heavy atom. The van der Waals surface area contributed by atoms with Gasteiger partial charge in [0.2, 0.25) is 0 Å². The Labute approximate surface area is 344 Å². The first-order valence-corrected chi connectivity index (χ1v) is 18.6. The van der Waals surface area contributed by atoms with Gasteiger partial charge >= 0.3 is 0 Å². The van der Waals surface area contributed by atoms with Crippen molar-refractivity contribution in [3.63, 3.8) is 0 Å². The second-order valence-corrected chi connectivity index (χ2v) is 13.6. The van der Waals surface area contributed by atoms with E-state index in [-0.39, 0.29) is 20.1 Å². The summed E-state index contributed by atoms with van der Waals surface area (Å²) in [5.74, 6) is 0. The first kappa shape index (κ1) is 35.8. The van der Waals surface area contributed by atoms with Crippen LogP contribution in [-0.2, 0) is 20.1 Å². The minimum atomic E-state index is 0. The largest absolute Gasteiger partial charge is 0.501 e. The van der Waals surface area contributed by atoms with Crippen molar-refractivity contribution >= 4 is 43.7 Å². The number of rotatable bonds is 5. The zero-order chi connectivity index (χ0) is 37.3. The summed E-state index contributed by atoms with van der Waals surface area (Å²) in [5, 5.41) is 4.46. The monoisotopic (exact) mass is 908 g/mol. The summed E-state index contributed by atoms with van der Waals surface area (Å²) in [6, 6.07) is 71.2. The van der Waals surface area contributed by atoms with Crippen LogP contribution in [0.15, 0.2) is 205 Å². The van der Waals surface area contributed by atoms with E-state index >= 15 is 0 Å². The van der Waals surface area contributed by atoms with Gasteiger partial charge in [0.15, 0.2) is 0 Å². The Balaban J connectivity index is 0.000000279. The Morgan fingerprint density at radius 2 is 1.12 bits per heavy atom. The molecule has 11 aromatic rings. The third-order valence-electron chi connectivity index (χ3n) is 10.3. The molecule has 4 nitrogen and oxygen atoms in total. The van der Waals surface area contributed by atoms with Gasteiger partial charge in [0.05, 0.1) is 11.1 Å². The topological polar surface area (TPSA) is 43.9 Å². The average Bonchev–Trinajstić information content (AvgIpc) is 3.83. The average molecular weight is 908 g/mol. The molecule has 0 amide bonds. The van der Waals surface area contributed by atoms with Gasteiger partial charge in [-0.1, -0.05) is 132 Å². The standard InChI is InChI=1S/C41H25N2O.C11H8N.Ir/c1-2-9-27(10-3-1)28-17-19-29(20-18-28)30-21-23-31(24-22-30)43-38-15-6-4-11-32(38)36-26-42-37(25-39(36)43)35-14-8-13-34-33-12-5-7-16-40(33)44-41(34)35;1-2-6-10(7-3-1)11-8-4-5-9-12-11;/h1-13,15-26H;1-6,8-9H;/q2*-1;. The molecule has 0 N–H and O–H groups in total. The van der Waals surface area contributed by atoms with E-state index in [2.05, 4.69) is 137 Å². The molecular weight excluding hydrogens is 875 g/mol. The molecule has 0 aliphatic heterocycles. The number of hydrogen-bond donors (Lipinski definition) is 0. The molecule has 0 unspecified atom stereocenters. The summed E-state index contributed by atoms with van der Waals surface area (Å²) in [7, 11) is 0. The molecule has 0 saturated heterocycles.